The van der Waals surface area contributed by atoms with Crippen LogP contribution in [0.3, 0.4) is 0 Å². The number of benzene rings is 8. The molecule has 11 aromatic rings. The van der Waals surface area contributed by atoms with E-state index in [1.807, 2.05) is 11.3 Å². The van der Waals surface area contributed by atoms with Crippen LogP contribution in [0.2, 0.25) is 0 Å². The van der Waals surface area contributed by atoms with Crippen LogP contribution in [0.4, 0.5) is 0 Å². The van der Waals surface area contributed by atoms with E-state index in [2.05, 4.69) is 191 Å². The molecule has 0 atom stereocenters. The zero-order valence-electron chi connectivity index (χ0n) is 27.6. The van der Waals surface area contributed by atoms with Gasteiger partial charge < -0.3 is 9.13 Å². The van der Waals surface area contributed by atoms with Gasteiger partial charge in [-0.05, 0) is 77.4 Å². The van der Waals surface area contributed by atoms with E-state index in [0.717, 1.165) is 0 Å². The third-order valence-corrected chi connectivity index (χ3v) is 11.7. The Labute approximate surface area is 298 Å². The second-order valence-corrected chi connectivity index (χ2v) is 14.4. The Balaban J connectivity index is 1.14. The largest absolute Gasteiger partial charge is 0.309 e. The molecule has 238 valence electrons. The minimum absolute atomic E-state index is 1.17. The molecule has 3 heteroatoms. The average Bonchev–Trinajstić information content (AvgIpc) is 3.85. The van der Waals surface area contributed by atoms with E-state index in [1.54, 1.807) is 0 Å². The van der Waals surface area contributed by atoms with Crippen LogP contribution in [0.5, 0.6) is 0 Å². The summed E-state index contributed by atoms with van der Waals surface area (Å²) < 4.78 is 7.52. The third kappa shape index (κ3) is 4.29. The molecule has 3 heterocycles. The SMILES string of the molecule is c1ccc(-n2c3ccccc3c3ccc(-c4ccc5c6ccccc6n(-c6ccccc6-c6ccc7sc8ccccc8c7c6)c5c4)cc32)cc1. The van der Waals surface area contributed by atoms with Gasteiger partial charge >= 0.3 is 0 Å². The summed E-state index contributed by atoms with van der Waals surface area (Å²) in [5, 5.41) is 7.68. The molecule has 2 nitrogen and oxygen atoms in total. The van der Waals surface area contributed by atoms with Gasteiger partial charge in [0.05, 0.1) is 27.8 Å². The van der Waals surface area contributed by atoms with Crippen LogP contribution in [0.15, 0.2) is 182 Å². The predicted octanol–water partition coefficient (Wildman–Crippen LogP) is 13.6. The zero-order valence-corrected chi connectivity index (χ0v) is 28.4. The highest BCUT2D eigenvalue weighted by Gasteiger charge is 2.18. The molecule has 0 amide bonds. The van der Waals surface area contributed by atoms with Gasteiger partial charge in [0.15, 0.2) is 0 Å². The van der Waals surface area contributed by atoms with E-state index in [0.29, 0.717) is 0 Å². The lowest BCUT2D eigenvalue weighted by molar-refractivity contribution is 1.18. The van der Waals surface area contributed by atoms with Gasteiger partial charge in [0.2, 0.25) is 0 Å². The van der Waals surface area contributed by atoms with Gasteiger partial charge in [-0.15, -0.1) is 11.3 Å². The van der Waals surface area contributed by atoms with Crippen molar-refractivity contribution in [3.05, 3.63) is 182 Å². The molecule has 0 saturated carbocycles. The lowest BCUT2D eigenvalue weighted by Crippen LogP contribution is -1.97. The first-order chi connectivity index (χ1) is 25.3. The van der Waals surface area contributed by atoms with Crippen LogP contribution in [0.25, 0.3) is 97.4 Å². The van der Waals surface area contributed by atoms with Gasteiger partial charge in [0, 0.05) is 53.0 Å². The van der Waals surface area contributed by atoms with Crippen molar-refractivity contribution < 1.29 is 0 Å². The predicted molar refractivity (Wildman–Crippen MR) is 219 cm³/mol. The Bertz CT molecular complexity index is 3140. The highest BCUT2D eigenvalue weighted by atomic mass is 32.1. The fraction of sp³-hybridized carbons (Fsp3) is 0. The van der Waals surface area contributed by atoms with Crippen molar-refractivity contribution in [3.8, 4) is 33.6 Å². The maximum absolute atomic E-state index is 2.47. The molecule has 51 heavy (non-hydrogen) atoms. The number of rotatable bonds is 4. The minimum atomic E-state index is 1.17. The third-order valence-electron chi connectivity index (χ3n) is 10.5. The Kier molecular flexibility index (Phi) is 6.16. The van der Waals surface area contributed by atoms with Crippen molar-refractivity contribution >= 4 is 75.1 Å². The van der Waals surface area contributed by atoms with E-state index in [1.165, 1.54) is 97.4 Å². The Morgan fingerprint density at radius 2 is 0.843 bits per heavy atom. The Morgan fingerprint density at radius 3 is 1.59 bits per heavy atom. The van der Waals surface area contributed by atoms with Crippen molar-refractivity contribution in [3.63, 3.8) is 0 Å². The summed E-state index contributed by atoms with van der Waals surface area (Å²) in [5.74, 6) is 0. The number of thiophene rings is 1. The normalized spacial score (nSPS) is 11.9. The molecule has 11 rings (SSSR count). The molecular weight excluding hydrogens is 637 g/mol. The topological polar surface area (TPSA) is 9.86 Å². The first-order valence-electron chi connectivity index (χ1n) is 17.4. The number of fused-ring (bicyclic) bond motifs is 9. The monoisotopic (exact) mass is 666 g/mol. The van der Waals surface area contributed by atoms with Crippen LogP contribution >= 0.6 is 11.3 Å². The molecule has 8 aromatic carbocycles. The molecule has 0 bridgehead atoms. The van der Waals surface area contributed by atoms with Crippen molar-refractivity contribution in [2.75, 3.05) is 0 Å². The summed E-state index contributed by atoms with van der Waals surface area (Å²) >= 11 is 1.87. The molecule has 0 spiro atoms. The molecule has 0 radical (unpaired) electrons. The van der Waals surface area contributed by atoms with Crippen molar-refractivity contribution in [1.29, 1.82) is 0 Å². The van der Waals surface area contributed by atoms with E-state index >= 15 is 0 Å². The van der Waals surface area contributed by atoms with E-state index < -0.39 is 0 Å². The second-order valence-electron chi connectivity index (χ2n) is 13.3. The molecule has 0 aliphatic carbocycles. The standard InChI is InChI=1S/C48H30N2S/c1-2-12-34(13-3-1)49-43-19-9-5-15-36(43)38-25-22-31(29-45(38)49)32-23-26-39-37-16-6-10-20-44(37)50(46(39)30-32)42-18-8-4-14-35(42)33-24-27-48-41(28-33)40-17-7-11-21-47(40)51-48/h1-30H. The summed E-state index contributed by atoms with van der Waals surface area (Å²) in [6.07, 6.45) is 0. The van der Waals surface area contributed by atoms with Crippen LogP contribution in [-0.2, 0) is 0 Å². The second kappa shape index (κ2) is 11.0. The minimum Gasteiger partial charge on any atom is -0.309 e. The van der Waals surface area contributed by atoms with Gasteiger partial charge in [-0.25, -0.2) is 0 Å². The highest BCUT2D eigenvalue weighted by Crippen LogP contribution is 2.41. The number of nitrogens with zero attached hydrogens (tertiary/aromatic N) is 2. The van der Waals surface area contributed by atoms with Gasteiger partial charge in [0.25, 0.3) is 0 Å². The summed E-state index contributed by atoms with van der Waals surface area (Å²) in [5.41, 5.74) is 12.0. The van der Waals surface area contributed by atoms with E-state index in [-0.39, 0.29) is 0 Å². The fourth-order valence-electron chi connectivity index (χ4n) is 8.22. The Hall–Kier alpha value is -6.42. The van der Waals surface area contributed by atoms with Gasteiger partial charge in [-0.2, -0.15) is 0 Å². The van der Waals surface area contributed by atoms with Crippen molar-refractivity contribution in [2.24, 2.45) is 0 Å². The number of para-hydroxylation sites is 4. The Morgan fingerprint density at radius 1 is 0.314 bits per heavy atom. The molecule has 0 saturated heterocycles. The van der Waals surface area contributed by atoms with Gasteiger partial charge in [0.1, 0.15) is 0 Å². The highest BCUT2D eigenvalue weighted by molar-refractivity contribution is 7.25. The molecule has 0 N–H and O–H groups in total. The quantitative estimate of drug-likeness (QED) is 0.177. The number of hydrogen-bond acceptors (Lipinski definition) is 1. The number of hydrogen-bond donors (Lipinski definition) is 0. The van der Waals surface area contributed by atoms with Crippen LogP contribution < -0.4 is 0 Å². The zero-order chi connectivity index (χ0) is 33.5. The molecule has 0 aliphatic heterocycles. The lowest BCUT2D eigenvalue weighted by Gasteiger charge is -2.15. The average molecular weight is 667 g/mol. The van der Waals surface area contributed by atoms with Crippen LogP contribution in [0, 0.1) is 0 Å². The first kappa shape index (κ1) is 28.4. The van der Waals surface area contributed by atoms with Crippen molar-refractivity contribution in [2.45, 2.75) is 0 Å². The van der Waals surface area contributed by atoms with Crippen molar-refractivity contribution in [1.82, 2.24) is 9.13 Å². The maximum atomic E-state index is 2.47. The number of aromatic nitrogens is 2. The van der Waals surface area contributed by atoms with Crippen LogP contribution in [0.1, 0.15) is 0 Å². The lowest BCUT2D eigenvalue weighted by atomic mass is 10.0. The fourth-order valence-corrected chi connectivity index (χ4v) is 9.31. The molecule has 0 unspecified atom stereocenters. The molecular formula is C48H30N2S. The van der Waals surface area contributed by atoms with Crippen LogP contribution in [-0.4, -0.2) is 9.13 Å². The molecule has 3 aromatic heterocycles. The summed E-state index contributed by atoms with van der Waals surface area (Å²) in [4.78, 5) is 0. The summed E-state index contributed by atoms with van der Waals surface area (Å²) in [6, 6.07) is 66.8. The maximum Gasteiger partial charge on any atom is 0.0547 e. The van der Waals surface area contributed by atoms with E-state index in [4.69, 9.17) is 0 Å². The first-order valence-corrected chi connectivity index (χ1v) is 18.3. The summed E-state index contributed by atoms with van der Waals surface area (Å²) in [7, 11) is 0. The van der Waals surface area contributed by atoms with Gasteiger partial charge in [-0.3, -0.25) is 0 Å². The molecule has 0 aliphatic rings. The summed E-state index contributed by atoms with van der Waals surface area (Å²) in [6.45, 7) is 0. The van der Waals surface area contributed by atoms with E-state index in [9.17, 15) is 0 Å². The van der Waals surface area contributed by atoms with Gasteiger partial charge in [-0.1, -0.05) is 121 Å². The molecule has 0 fully saturated rings. The smallest absolute Gasteiger partial charge is 0.0547 e.